The first-order chi connectivity index (χ1) is 11.7. The number of carbonyl (C=O) groups is 1. The van der Waals surface area contributed by atoms with Crippen LogP contribution in [-0.4, -0.2) is 24.6 Å². The molecule has 2 N–H and O–H groups in total. The standard InChI is InChI=1S/C18H14N2O4/c1-23-14-6-4-12(17-18(14)24-9-16(22)20-17)10-2-5-13-11(8-10)3-7-15(21)19-13/h2-8H,9H2,1H3,(H,19,21)(H,20,22). The summed E-state index contributed by atoms with van der Waals surface area (Å²) in [4.78, 5) is 25.9. The lowest BCUT2D eigenvalue weighted by Gasteiger charge is -2.23. The second-order valence-corrected chi connectivity index (χ2v) is 5.48. The fourth-order valence-corrected chi connectivity index (χ4v) is 2.87. The summed E-state index contributed by atoms with van der Waals surface area (Å²) in [6.07, 6.45) is 0. The maximum absolute atomic E-state index is 11.7. The first-order valence-electron chi connectivity index (χ1n) is 7.43. The fourth-order valence-electron chi connectivity index (χ4n) is 2.87. The fraction of sp³-hybridized carbons (Fsp3) is 0.111. The van der Waals surface area contributed by atoms with Crippen molar-refractivity contribution in [1.29, 1.82) is 0 Å². The van der Waals surface area contributed by atoms with E-state index in [1.807, 2.05) is 30.3 Å². The second-order valence-electron chi connectivity index (χ2n) is 5.48. The molecule has 1 aromatic heterocycles. The van der Waals surface area contributed by atoms with Crippen LogP contribution in [-0.2, 0) is 4.79 Å². The maximum atomic E-state index is 11.7. The molecule has 2 aromatic carbocycles. The number of aromatic amines is 1. The van der Waals surface area contributed by atoms with Crippen molar-refractivity contribution in [1.82, 2.24) is 4.98 Å². The molecule has 1 aliphatic heterocycles. The molecule has 0 radical (unpaired) electrons. The number of amides is 1. The minimum absolute atomic E-state index is 0.0359. The smallest absolute Gasteiger partial charge is 0.262 e. The minimum atomic E-state index is -0.206. The molecule has 0 saturated heterocycles. The summed E-state index contributed by atoms with van der Waals surface area (Å²) in [7, 11) is 1.56. The van der Waals surface area contributed by atoms with Crippen molar-refractivity contribution in [2.24, 2.45) is 0 Å². The zero-order valence-corrected chi connectivity index (χ0v) is 12.9. The van der Waals surface area contributed by atoms with Crippen molar-refractivity contribution in [2.75, 3.05) is 19.0 Å². The maximum Gasteiger partial charge on any atom is 0.262 e. The van der Waals surface area contributed by atoms with Crippen LogP contribution in [0.25, 0.3) is 22.0 Å². The monoisotopic (exact) mass is 322 g/mol. The largest absolute Gasteiger partial charge is 0.493 e. The van der Waals surface area contributed by atoms with Crippen LogP contribution in [0.3, 0.4) is 0 Å². The van der Waals surface area contributed by atoms with Gasteiger partial charge in [0.15, 0.2) is 18.1 Å². The normalized spacial score (nSPS) is 13.1. The van der Waals surface area contributed by atoms with Gasteiger partial charge in [0, 0.05) is 17.1 Å². The van der Waals surface area contributed by atoms with Gasteiger partial charge in [-0.05, 0) is 41.3 Å². The molecule has 0 saturated carbocycles. The highest BCUT2D eigenvalue weighted by molar-refractivity contribution is 6.02. The third-order valence-corrected chi connectivity index (χ3v) is 3.99. The van der Waals surface area contributed by atoms with E-state index in [1.165, 1.54) is 6.07 Å². The summed E-state index contributed by atoms with van der Waals surface area (Å²) in [5.41, 5.74) is 2.94. The van der Waals surface area contributed by atoms with Crippen molar-refractivity contribution >= 4 is 22.5 Å². The number of ether oxygens (including phenoxy) is 2. The van der Waals surface area contributed by atoms with Crippen LogP contribution >= 0.6 is 0 Å². The lowest BCUT2D eigenvalue weighted by atomic mass is 10.00. The molecule has 0 atom stereocenters. The predicted molar refractivity (Wildman–Crippen MR) is 90.7 cm³/mol. The molecule has 24 heavy (non-hydrogen) atoms. The van der Waals surface area contributed by atoms with E-state index in [4.69, 9.17) is 9.47 Å². The number of hydrogen-bond donors (Lipinski definition) is 2. The van der Waals surface area contributed by atoms with Crippen molar-refractivity contribution in [3.05, 3.63) is 52.8 Å². The zero-order valence-electron chi connectivity index (χ0n) is 12.9. The molecule has 0 fully saturated rings. The summed E-state index contributed by atoms with van der Waals surface area (Å²) in [6, 6.07) is 12.6. The Balaban J connectivity index is 1.92. The molecule has 1 amide bonds. The number of fused-ring (bicyclic) bond motifs is 2. The summed E-state index contributed by atoms with van der Waals surface area (Å²) in [5, 5.41) is 3.76. The molecule has 1 aliphatic rings. The number of nitrogens with one attached hydrogen (secondary N) is 2. The molecular formula is C18H14N2O4. The molecule has 6 nitrogen and oxygen atoms in total. The minimum Gasteiger partial charge on any atom is -0.493 e. The quantitative estimate of drug-likeness (QED) is 0.760. The molecular weight excluding hydrogens is 308 g/mol. The third kappa shape index (κ3) is 2.28. The number of hydrogen-bond acceptors (Lipinski definition) is 4. The number of aromatic nitrogens is 1. The van der Waals surface area contributed by atoms with E-state index in [-0.39, 0.29) is 18.1 Å². The Labute approximate surface area is 137 Å². The van der Waals surface area contributed by atoms with Crippen LogP contribution in [0.4, 0.5) is 5.69 Å². The zero-order chi connectivity index (χ0) is 16.7. The van der Waals surface area contributed by atoms with Gasteiger partial charge < -0.3 is 19.8 Å². The average molecular weight is 322 g/mol. The molecule has 0 bridgehead atoms. The second kappa shape index (κ2) is 5.42. The van der Waals surface area contributed by atoms with E-state index >= 15 is 0 Å². The first-order valence-corrected chi connectivity index (χ1v) is 7.43. The highest BCUT2D eigenvalue weighted by Crippen LogP contribution is 2.44. The number of rotatable bonds is 2. The summed E-state index contributed by atoms with van der Waals surface area (Å²) in [5.74, 6) is 0.886. The van der Waals surface area contributed by atoms with Gasteiger partial charge in [-0.1, -0.05) is 6.07 Å². The van der Waals surface area contributed by atoms with Gasteiger partial charge in [-0.25, -0.2) is 0 Å². The molecule has 0 aliphatic carbocycles. The Bertz CT molecular complexity index is 1020. The number of pyridine rings is 1. The van der Waals surface area contributed by atoms with Crippen LogP contribution in [0.15, 0.2) is 47.3 Å². The Morgan fingerprint density at radius 2 is 1.96 bits per heavy atom. The van der Waals surface area contributed by atoms with Gasteiger partial charge >= 0.3 is 0 Å². The third-order valence-electron chi connectivity index (χ3n) is 3.99. The molecule has 0 unspecified atom stereocenters. The number of carbonyl (C=O) groups excluding carboxylic acids is 1. The summed E-state index contributed by atoms with van der Waals surface area (Å²) < 4.78 is 10.8. The summed E-state index contributed by atoms with van der Waals surface area (Å²) >= 11 is 0. The molecule has 6 heteroatoms. The van der Waals surface area contributed by atoms with Crippen molar-refractivity contribution in [3.63, 3.8) is 0 Å². The van der Waals surface area contributed by atoms with Gasteiger partial charge in [-0.3, -0.25) is 9.59 Å². The van der Waals surface area contributed by atoms with Crippen molar-refractivity contribution in [3.8, 4) is 22.6 Å². The van der Waals surface area contributed by atoms with E-state index in [2.05, 4.69) is 10.3 Å². The molecule has 3 aromatic rings. The number of benzene rings is 2. The van der Waals surface area contributed by atoms with Gasteiger partial charge in [0.2, 0.25) is 5.56 Å². The van der Waals surface area contributed by atoms with Gasteiger partial charge in [-0.2, -0.15) is 0 Å². The van der Waals surface area contributed by atoms with E-state index in [0.29, 0.717) is 17.2 Å². The van der Waals surface area contributed by atoms with E-state index < -0.39 is 0 Å². The van der Waals surface area contributed by atoms with Gasteiger partial charge in [0.05, 0.1) is 12.8 Å². The highest BCUT2D eigenvalue weighted by Gasteiger charge is 2.23. The van der Waals surface area contributed by atoms with Crippen LogP contribution < -0.4 is 20.3 Å². The Morgan fingerprint density at radius 1 is 1.08 bits per heavy atom. The predicted octanol–water partition coefficient (Wildman–Crippen LogP) is 2.53. The summed E-state index contributed by atoms with van der Waals surface area (Å²) in [6.45, 7) is -0.0359. The Kier molecular flexibility index (Phi) is 3.23. The van der Waals surface area contributed by atoms with Gasteiger partial charge in [0.25, 0.3) is 5.91 Å². The lowest BCUT2D eigenvalue weighted by molar-refractivity contribution is -0.118. The highest BCUT2D eigenvalue weighted by atomic mass is 16.5. The molecule has 120 valence electrons. The van der Waals surface area contributed by atoms with Crippen LogP contribution in [0.5, 0.6) is 11.5 Å². The van der Waals surface area contributed by atoms with E-state index in [0.717, 1.165) is 22.0 Å². The number of methoxy groups -OCH3 is 1. The van der Waals surface area contributed by atoms with Gasteiger partial charge in [-0.15, -0.1) is 0 Å². The van der Waals surface area contributed by atoms with Crippen LogP contribution in [0, 0.1) is 0 Å². The van der Waals surface area contributed by atoms with Crippen molar-refractivity contribution < 1.29 is 14.3 Å². The molecule has 0 spiro atoms. The van der Waals surface area contributed by atoms with Crippen LogP contribution in [0.2, 0.25) is 0 Å². The number of H-pyrrole nitrogens is 1. The Morgan fingerprint density at radius 3 is 2.79 bits per heavy atom. The van der Waals surface area contributed by atoms with Crippen LogP contribution in [0.1, 0.15) is 0 Å². The lowest BCUT2D eigenvalue weighted by Crippen LogP contribution is -2.26. The average Bonchev–Trinajstić information content (AvgIpc) is 2.60. The van der Waals surface area contributed by atoms with Crippen molar-refractivity contribution in [2.45, 2.75) is 0 Å². The SMILES string of the molecule is COc1ccc(-c2ccc3[nH]c(=O)ccc3c2)c2c1OCC(=O)N2. The first kappa shape index (κ1) is 14.3. The Hall–Kier alpha value is -3.28. The molecule has 4 rings (SSSR count). The van der Waals surface area contributed by atoms with Gasteiger partial charge in [0.1, 0.15) is 0 Å². The molecule has 2 heterocycles. The number of anilines is 1. The van der Waals surface area contributed by atoms with E-state index in [1.54, 1.807) is 13.2 Å². The van der Waals surface area contributed by atoms with E-state index in [9.17, 15) is 9.59 Å². The topological polar surface area (TPSA) is 80.4 Å².